The molecule has 2 bridgehead atoms. The second-order valence-electron chi connectivity index (χ2n) is 10.5. The zero-order valence-electron chi connectivity index (χ0n) is 19.0. The molecule has 6 heteroatoms. The van der Waals surface area contributed by atoms with Crippen molar-refractivity contribution in [3.8, 4) is 0 Å². The Morgan fingerprint density at radius 3 is 2.27 bits per heavy atom. The fourth-order valence-corrected chi connectivity index (χ4v) is 6.86. The van der Waals surface area contributed by atoms with Crippen LogP contribution in [0.1, 0.15) is 44.9 Å². The van der Waals surface area contributed by atoms with Crippen molar-refractivity contribution in [1.29, 1.82) is 0 Å². The molecule has 2 amide bonds. The average molecular weight is 418 g/mol. The van der Waals surface area contributed by atoms with E-state index < -0.39 is 0 Å². The molecular formula is C24H41N4O2+. The first-order chi connectivity index (χ1) is 14.5. The number of carbonyl (C=O) groups is 2. The van der Waals surface area contributed by atoms with Gasteiger partial charge >= 0.3 is 0 Å². The van der Waals surface area contributed by atoms with Crippen molar-refractivity contribution in [2.75, 3.05) is 53.4 Å². The average Bonchev–Trinajstić information content (AvgIpc) is 3.41. The summed E-state index contributed by atoms with van der Waals surface area (Å²) in [5.74, 6) is 2.40. The molecule has 4 aliphatic rings. The molecule has 0 spiro atoms. The molecule has 3 aliphatic carbocycles. The van der Waals surface area contributed by atoms with Crippen LogP contribution in [-0.4, -0.2) is 86.3 Å². The van der Waals surface area contributed by atoms with E-state index in [0.29, 0.717) is 30.2 Å². The van der Waals surface area contributed by atoms with E-state index in [4.69, 9.17) is 0 Å². The summed E-state index contributed by atoms with van der Waals surface area (Å²) in [5.41, 5.74) is 0. The summed E-state index contributed by atoms with van der Waals surface area (Å²) >= 11 is 0. The molecule has 6 atom stereocenters. The second kappa shape index (κ2) is 9.47. The summed E-state index contributed by atoms with van der Waals surface area (Å²) in [6.45, 7) is 9.71. The molecule has 0 aromatic heterocycles. The van der Waals surface area contributed by atoms with Crippen molar-refractivity contribution in [2.24, 2.45) is 35.5 Å². The number of imide groups is 1. The molecule has 4 fully saturated rings. The number of nitrogens with one attached hydrogen (secondary N) is 1. The van der Waals surface area contributed by atoms with Gasteiger partial charge < -0.3 is 5.32 Å². The number of hydrogen-bond donors (Lipinski definition) is 1. The molecule has 4 rings (SSSR count). The molecule has 30 heavy (non-hydrogen) atoms. The lowest BCUT2D eigenvalue weighted by Gasteiger charge is -2.37. The molecule has 6 nitrogen and oxygen atoms in total. The lowest BCUT2D eigenvalue weighted by atomic mass is 9.78. The highest BCUT2D eigenvalue weighted by Crippen LogP contribution is 2.56. The minimum Gasteiger partial charge on any atom is -0.318 e. The van der Waals surface area contributed by atoms with Crippen LogP contribution in [0.15, 0.2) is 0 Å². The predicted molar refractivity (Wildman–Crippen MR) is 119 cm³/mol. The Morgan fingerprint density at radius 2 is 1.67 bits per heavy atom. The lowest BCUT2D eigenvalue weighted by molar-refractivity contribution is -0.488. The van der Waals surface area contributed by atoms with Gasteiger partial charge in [0.15, 0.2) is 6.54 Å². The smallest absolute Gasteiger partial charge is 0.233 e. The normalized spacial score (nSPS) is 35.5. The van der Waals surface area contributed by atoms with Crippen LogP contribution >= 0.6 is 0 Å². The maximum atomic E-state index is 13.2. The monoisotopic (exact) mass is 417 g/mol. The molecule has 168 valence electrons. The van der Waals surface area contributed by atoms with Crippen LogP contribution in [0.2, 0.25) is 0 Å². The Balaban J connectivity index is 1.40. The molecule has 0 aromatic rings. The van der Waals surface area contributed by atoms with Gasteiger partial charge in [0, 0.05) is 26.2 Å². The molecule has 1 heterocycles. The molecule has 0 aromatic carbocycles. The third-order valence-electron chi connectivity index (χ3n) is 8.47. The van der Waals surface area contributed by atoms with E-state index in [1.807, 2.05) is 18.7 Å². The van der Waals surface area contributed by atoms with Crippen molar-refractivity contribution in [3.05, 3.63) is 0 Å². The summed E-state index contributed by atoms with van der Waals surface area (Å²) in [6, 6.07) is 0. The van der Waals surface area contributed by atoms with Crippen LogP contribution in [0, 0.1) is 35.5 Å². The number of carbonyl (C=O) groups excluding carboxylic acids is 2. The van der Waals surface area contributed by atoms with Crippen LogP contribution < -0.4 is 5.32 Å². The fraction of sp³-hybridized carbons (Fsp3) is 0.875. The third kappa shape index (κ3) is 4.36. The van der Waals surface area contributed by atoms with Gasteiger partial charge in [-0.2, -0.15) is 0 Å². The quantitative estimate of drug-likeness (QED) is 0.334. The van der Waals surface area contributed by atoms with Crippen molar-refractivity contribution in [1.82, 2.24) is 15.1 Å². The first-order valence-electron chi connectivity index (χ1n) is 12.2. The topological polar surface area (TPSA) is 55.7 Å². The Labute approximate surface area is 182 Å². The molecule has 3 saturated carbocycles. The third-order valence-corrected chi connectivity index (χ3v) is 8.47. The molecule has 6 unspecified atom stereocenters. The van der Waals surface area contributed by atoms with Gasteiger partial charge in [0.1, 0.15) is 13.8 Å². The van der Waals surface area contributed by atoms with Crippen LogP contribution in [0.5, 0.6) is 0 Å². The van der Waals surface area contributed by atoms with Crippen LogP contribution in [0.4, 0.5) is 0 Å². The largest absolute Gasteiger partial charge is 0.318 e. The Kier molecular flexibility index (Phi) is 6.93. The number of amides is 2. The van der Waals surface area contributed by atoms with Gasteiger partial charge in [0.25, 0.3) is 0 Å². The van der Waals surface area contributed by atoms with Crippen LogP contribution in [0.25, 0.3) is 0 Å². The molecule has 0 radical (unpaired) electrons. The number of rotatable bonds is 10. The maximum Gasteiger partial charge on any atom is 0.233 e. The summed E-state index contributed by atoms with van der Waals surface area (Å²) in [4.78, 5) is 30.6. The minimum atomic E-state index is 0.0259. The Hall–Kier alpha value is -1.27. The minimum absolute atomic E-state index is 0.0259. The van der Waals surface area contributed by atoms with Gasteiger partial charge in [-0.15, -0.1) is 0 Å². The number of likely N-dealkylation sites (N-methyl/N-ethyl adjacent to an activating group) is 2. The van der Waals surface area contributed by atoms with E-state index in [-0.39, 0.29) is 23.7 Å². The SMILES string of the molecule is C=[N+](C)CCN(CCNC)CC1CCCCC1CN1C(=O)C2C3CCC(C3)C2C1=O. The van der Waals surface area contributed by atoms with E-state index in [9.17, 15) is 9.59 Å². The van der Waals surface area contributed by atoms with Gasteiger partial charge in [-0.1, -0.05) is 12.8 Å². The second-order valence-corrected chi connectivity index (χ2v) is 10.5. The van der Waals surface area contributed by atoms with Gasteiger partial charge in [0.2, 0.25) is 11.8 Å². The van der Waals surface area contributed by atoms with Gasteiger partial charge in [-0.05, 0) is 62.8 Å². The first-order valence-corrected chi connectivity index (χ1v) is 12.2. The van der Waals surface area contributed by atoms with Crippen molar-refractivity contribution in [3.63, 3.8) is 0 Å². The maximum absolute atomic E-state index is 13.2. The van der Waals surface area contributed by atoms with Crippen molar-refractivity contribution < 1.29 is 14.2 Å². The van der Waals surface area contributed by atoms with E-state index >= 15 is 0 Å². The number of nitrogens with zero attached hydrogens (tertiary/aromatic N) is 3. The Morgan fingerprint density at radius 1 is 1.03 bits per heavy atom. The highest BCUT2D eigenvalue weighted by Gasteiger charge is 2.61. The fourth-order valence-electron chi connectivity index (χ4n) is 6.86. The predicted octanol–water partition coefficient (Wildman–Crippen LogP) is 1.69. The summed E-state index contributed by atoms with van der Waals surface area (Å²) in [7, 11) is 4.03. The highest BCUT2D eigenvalue weighted by atomic mass is 16.2. The van der Waals surface area contributed by atoms with Crippen molar-refractivity contribution in [2.45, 2.75) is 44.9 Å². The molecule has 1 aliphatic heterocycles. The first kappa shape index (κ1) is 21.9. The van der Waals surface area contributed by atoms with Gasteiger partial charge in [-0.3, -0.25) is 19.4 Å². The van der Waals surface area contributed by atoms with E-state index in [2.05, 4.69) is 16.9 Å². The molecule has 1 N–H and O–H groups in total. The van der Waals surface area contributed by atoms with Crippen molar-refractivity contribution >= 4 is 18.5 Å². The van der Waals surface area contributed by atoms with Gasteiger partial charge in [0.05, 0.1) is 18.4 Å². The standard InChI is InChI=1S/C24H41N4O2/c1-25-10-11-27(13-12-26(2)3)15-19-6-4-5-7-20(19)16-28-23(29)21-17-8-9-18(14-17)22(21)24(28)30/h17-22,25H,2,4-16H2,1,3H3/q+1. The van der Waals surface area contributed by atoms with E-state index in [1.165, 1.54) is 19.3 Å². The zero-order valence-corrected chi connectivity index (χ0v) is 19.0. The lowest BCUT2D eigenvalue weighted by Crippen LogP contribution is -2.44. The molecule has 1 saturated heterocycles. The van der Waals surface area contributed by atoms with E-state index in [0.717, 1.165) is 58.4 Å². The Bertz CT molecular complexity index is 638. The molecular weight excluding hydrogens is 376 g/mol. The number of likely N-dealkylation sites (tertiary alicyclic amines) is 1. The van der Waals surface area contributed by atoms with E-state index in [1.54, 1.807) is 4.90 Å². The number of hydrogen-bond acceptors (Lipinski definition) is 4. The summed E-state index contributed by atoms with van der Waals surface area (Å²) in [5, 5.41) is 3.27. The van der Waals surface area contributed by atoms with Crippen LogP contribution in [0.3, 0.4) is 0 Å². The summed E-state index contributed by atoms with van der Waals surface area (Å²) in [6.07, 6.45) is 8.31. The van der Waals surface area contributed by atoms with Gasteiger partial charge in [-0.25, -0.2) is 4.58 Å². The number of fused-ring (bicyclic) bond motifs is 5. The summed E-state index contributed by atoms with van der Waals surface area (Å²) < 4.78 is 2.00. The van der Waals surface area contributed by atoms with Crippen LogP contribution in [-0.2, 0) is 9.59 Å². The zero-order chi connectivity index (χ0) is 21.3. The highest BCUT2D eigenvalue weighted by molar-refractivity contribution is 6.06.